The van der Waals surface area contributed by atoms with Crippen LogP contribution in [0.15, 0.2) is 24.3 Å². The van der Waals surface area contributed by atoms with E-state index in [1.807, 2.05) is 19.0 Å². The minimum atomic E-state index is -1.13. The fourth-order valence-corrected chi connectivity index (χ4v) is 1.66. The third-order valence-electron chi connectivity index (χ3n) is 2.60. The Balaban J connectivity index is 2.93. The van der Waals surface area contributed by atoms with Gasteiger partial charge in [0.1, 0.15) is 6.04 Å². The van der Waals surface area contributed by atoms with Crippen LogP contribution in [0.3, 0.4) is 0 Å². The number of nitrogens with one attached hydrogen (secondary N) is 1. The standard InChI is InChI=1S/C12H17N3O4/c1-14(2)8-7-13-11(12(16)17)9-5-3-4-6-10(9)15(18)19/h3-6,11,13H,7-8H2,1-2H3,(H,16,17). The Morgan fingerprint density at radius 3 is 2.63 bits per heavy atom. The highest BCUT2D eigenvalue weighted by Crippen LogP contribution is 2.24. The summed E-state index contributed by atoms with van der Waals surface area (Å²) in [5, 5.41) is 22.9. The number of hydrogen-bond acceptors (Lipinski definition) is 5. The summed E-state index contributed by atoms with van der Waals surface area (Å²) in [5.74, 6) is -1.13. The van der Waals surface area contributed by atoms with E-state index in [1.165, 1.54) is 18.2 Å². The van der Waals surface area contributed by atoms with E-state index in [2.05, 4.69) is 5.32 Å². The molecule has 7 nitrogen and oxygen atoms in total. The Kier molecular flexibility index (Phi) is 5.40. The molecule has 1 rings (SSSR count). The predicted octanol–water partition coefficient (Wildman–Crippen LogP) is 0.872. The number of aliphatic carboxylic acids is 1. The molecule has 2 N–H and O–H groups in total. The van der Waals surface area contributed by atoms with Crippen LogP contribution in [0.1, 0.15) is 11.6 Å². The zero-order valence-corrected chi connectivity index (χ0v) is 10.9. The average molecular weight is 267 g/mol. The molecule has 0 aromatic heterocycles. The first-order chi connectivity index (χ1) is 8.93. The minimum absolute atomic E-state index is 0.166. The lowest BCUT2D eigenvalue weighted by molar-refractivity contribution is -0.385. The van der Waals surface area contributed by atoms with Crippen LogP contribution < -0.4 is 5.32 Å². The molecular formula is C12H17N3O4. The molecule has 19 heavy (non-hydrogen) atoms. The summed E-state index contributed by atoms with van der Waals surface area (Å²) >= 11 is 0. The van der Waals surface area contributed by atoms with Crippen molar-refractivity contribution in [1.82, 2.24) is 10.2 Å². The number of carboxylic acid groups (broad SMARTS) is 1. The van der Waals surface area contributed by atoms with Gasteiger partial charge in [0.25, 0.3) is 5.69 Å². The number of nitrogens with zero attached hydrogens (tertiary/aromatic N) is 2. The van der Waals surface area contributed by atoms with E-state index in [0.717, 1.165) is 0 Å². The van der Waals surface area contributed by atoms with Gasteiger partial charge in [0, 0.05) is 19.2 Å². The van der Waals surface area contributed by atoms with Crippen molar-refractivity contribution in [2.75, 3.05) is 27.2 Å². The normalized spacial score (nSPS) is 12.4. The maximum atomic E-state index is 11.3. The summed E-state index contributed by atoms with van der Waals surface area (Å²) in [6.07, 6.45) is 0. The van der Waals surface area contributed by atoms with Crippen molar-refractivity contribution in [3.8, 4) is 0 Å². The Morgan fingerprint density at radius 1 is 1.47 bits per heavy atom. The predicted molar refractivity (Wildman–Crippen MR) is 70.0 cm³/mol. The van der Waals surface area contributed by atoms with E-state index in [-0.39, 0.29) is 11.3 Å². The van der Waals surface area contributed by atoms with Crippen LogP contribution in [0, 0.1) is 10.1 Å². The van der Waals surface area contributed by atoms with E-state index in [0.29, 0.717) is 13.1 Å². The zero-order chi connectivity index (χ0) is 14.4. The van der Waals surface area contributed by atoms with E-state index in [9.17, 15) is 20.0 Å². The molecule has 1 aromatic rings. The first-order valence-corrected chi connectivity index (χ1v) is 5.77. The van der Waals surface area contributed by atoms with Crippen molar-refractivity contribution in [1.29, 1.82) is 0 Å². The molecule has 0 fully saturated rings. The van der Waals surface area contributed by atoms with Crippen LogP contribution in [0.2, 0.25) is 0 Å². The number of para-hydroxylation sites is 1. The van der Waals surface area contributed by atoms with Crippen LogP contribution in [-0.4, -0.2) is 48.1 Å². The van der Waals surface area contributed by atoms with Crippen LogP contribution in [0.5, 0.6) is 0 Å². The number of hydrogen-bond donors (Lipinski definition) is 2. The van der Waals surface area contributed by atoms with Gasteiger partial charge >= 0.3 is 5.97 Å². The van der Waals surface area contributed by atoms with Crippen molar-refractivity contribution >= 4 is 11.7 Å². The molecule has 0 radical (unpaired) electrons. The van der Waals surface area contributed by atoms with E-state index in [4.69, 9.17) is 0 Å². The van der Waals surface area contributed by atoms with Crippen LogP contribution in [-0.2, 0) is 4.79 Å². The Bertz CT molecular complexity index is 462. The summed E-state index contributed by atoms with van der Waals surface area (Å²) in [4.78, 5) is 23.5. The van der Waals surface area contributed by atoms with E-state index >= 15 is 0 Å². The van der Waals surface area contributed by atoms with Gasteiger partial charge < -0.3 is 10.0 Å². The lowest BCUT2D eigenvalue weighted by Crippen LogP contribution is -2.34. The van der Waals surface area contributed by atoms with Gasteiger partial charge in [0.15, 0.2) is 0 Å². The second-order valence-electron chi connectivity index (χ2n) is 4.34. The Hall–Kier alpha value is -1.99. The third kappa shape index (κ3) is 4.31. The highest BCUT2D eigenvalue weighted by molar-refractivity contribution is 5.77. The Labute approximate surface area is 111 Å². The van der Waals surface area contributed by atoms with Crippen molar-refractivity contribution in [2.24, 2.45) is 0 Å². The van der Waals surface area contributed by atoms with E-state index in [1.54, 1.807) is 6.07 Å². The average Bonchev–Trinajstić information content (AvgIpc) is 2.34. The lowest BCUT2D eigenvalue weighted by atomic mass is 10.0. The maximum absolute atomic E-state index is 11.3. The fourth-order valence-electron chi connectivity index (χ4n) is 1.66. The number of benzene rings is 1. The number of rotatable bonds is 7. The summed E-state index contributed by atoms with van der Waals surface area (Å²) in [6, 6.07) is 4.78. The second kappa shape index (κ2) is 6.81. The molecule has 104 valence electrons. The molecule has 7 heteroatoms. The quantitative estimate of drug-likeness (QED) is 0.562. The summed E-state index contributed by atoms with van der Waals surface area (Å²) in [7, 11) is 3.73. The molecule has 0 amide bonds. The van der Waals surface area contributed by atoms with Gasteiger partial charge in [-0.15, -0.1) is 0 Å². The lowest BCUT2D eigenvalue weighted by Gasteiger charge is -2.16. The van der Waals surface area contributed by atoms with Gasteiger partial charge in [-0.3, -0.25) is 20.2 Å². The van der Waals surface area contributed by atoms with Gasteiger partial charge in [-0.25, -0.2) is 0 Å². The fraction of sp³-hybridized carbons (Fsp3) is 0.417. The van der Waals surface area contributed by atoms with Crippen molar-refractivity contribution in [3.63, 3.8) is 0 Å². The molecule has 0 aliphatic heterocycles. The molecule has 0 heterocycles. The highest BCUT2D eigenvalue weighted by atomic mass is 16.6. The summed E-state index contributed by atoms with van der Waals surface area (Å²) in [5.41, 5.74) is -0.0222. The van der Waals surface area contributed by atoms with Gasteiger partial charge in [-0.2, -0.15) is 0 Å². The Morgan fingerprint density at radius 2 is 2.11 bits per heavy atom. The molecule has 1 aromatic carbocycles. The molecule has 0 saturated heterocycles. The molecule has 0 aliphatic rings. The monoisotopic (exact) mass is 267 g/mol. The molecule has 0 saturated carbocycles. The molecule has 1 atom stereocenters. The maximum Gasteiger partial charge on any atom is 0.325 e. The van der Waals surface area contributed by atoms with Crippen LogP contribution >= 0.6 is 0 Å². The number of nitro benzene ring substituents is 1. The highest BCUT2D eigenvalue weighted by Gasteiger charge is 2.26. The molecule has 1 unspecified atom stereocenters. The summed E-state index contributed by atoms with van der Waals surface area (Å²) < 4.78 is 0. The topological polar surface area (TPSA) is 95.7 Å². The first-order valence-electron chi connectivity index (χ1n) is 5.77. The number of likely N-dealkylation sites (N-methyl/N-ethyl adjacent to an activating group) is 1. The van der Waals surface area contributed by atoms with Crippen LogP contribution in [0.25, 0.3) is 0 Å². The molecule has 0 spiro atoms. The largest absolute Gasteiger partial charge is 0.480 e. The van der Waals surface area contributed by atoms with Crippen molar-refractivity contribution < 1.29 is 14.8 Å². The SMILES string of the molecule is CN(C)CCNC(C(=O)O)c1ccccc1[N+](=O)[O-]. The van der Waals surface area contributed by atoms with Gasteiger partial charge in [-0.1, -0.05) is 12.1 Å². The number of carbonyl (C=O) groups is 1. The number of carboxylic acids is 1. The molecular weight excluding hydrogens is 250 g/mol. The van der Waals surface area contributed by atoms with Crippen LogP contribution in [0.4, 0.5) is 5.69 Å². The van der Waals surface area contributed by atoms with Gasteiger partial charge in [0.05, 0.1) is 10.5 Å². The first kappa shape index (κ1) is 15.1. The summed E-state index contributed by atoms with van der Waals surface area (Å²) in [6.45, 7) is 1.07. The van der Waals surface area contributed by atoms with Gasteiger partial charge in [-0.05, 0) is 20.2 Å². The van der Waals surface area contributed by atoms with Gasteiger partial charge in [0.2, 0.25) is 0 Å². The third-order valence-corrected chi connectivity index (χ3v) is 2.60. The molecule has 0 bridgehead atoms. The zero-order valence-electron chi connectivity index (χ0n) is 10.9. The minimum Gasteiger partial charge on any atom is -0.480 e. The van der Waals surface area contributed by atoms with E-state index < -0.39 is 16.9 Å². The van der Waals surface area contributed by atoms with Crippen molar-refractivity contribution in [3.05, 3.63) is 39.9 Å². The smallest absolute Gasteiger partial charge is 0.325 e. The second-order valence-corrected chi connectivity index (χ2v) is 4.34. The number of nitro groups is 1. The van der Waals surface area contributed by atoms with Crippen molar-refractivity contribution in [2.45, 2.75) is 6.04 Å². The molecule has 0 aliphatic carbocycles.